The average Bonchev–Trinajstić information content (AvgIpc) is 3.04. The highest BCUT2D eigenvalue weighted by Crippen LogP contribution is 2.49. The van der Waals surface area contributed by atoms with Crippen LogP contribution in [0, 0.1) is 23.6 Å². The van der Waals surface area contributed by atoms with E-state index in [4.69, 9.17) is 5.84 Å². The van der Waals surface area contributed by atoms with E-state index in [1.165, 1.54) is 31.7 Å². The maximum Gasteiger partial charge on any atom is 0.137 e. The minimum atomic E-state index is -0.209. The summed E-state index contributed by atoms with van der Waals surface area (Å²) in [5, 5.41) is 0. The van der Waals surface area contributed by atoms with Gasteiger partial charge in [0.25, 0.3) is 0 Å². The van der Waals surface area contributed by atoms with Gasteiger partial charge in [0.05, 0.1) is 4.47 Å². The third-order valence-electron chi connectivity index (χ3n) is 5.17. The highest BCUT2D eigenvalue weighted by atomic mass is 79.9. The largest absolute Gasteiger partial charge is 0.271 e. The molecule has 2 fully saturated rings. The summed E-state index contributed by atoms with van der Waals surface area (Å²) >= 11 is 3.25. The maximum atomic E-state index is 13.3. The Labute approximate surface area is 128 Å². The van der Waals surface area contributed by atoms with Gasteiger partial charge in [-0.25, -0.2) is 4.39 Å². The standard InChI is InChI=1S/C16H22BrFN2/c17-15-8-11(2-4-16(15)18)7-14(20-19)9-13-6-10-1-3-12(13)5-10/h2,4,8,10,12-14,20H,1,3,5-7,9,19H2. The fourth-order valence-electron chi connectivity index (χ4n) is 4.19. The van der Waals surface area contributed by atoms with E-state index >= 15 is 0 Å². The Balaban J connectivity index is 1.60. The van der Waals surface area contributed by atoms with Crippen LogP contribution in [-0.2, 0) is 6.42 Å². The number of halogens is 2. The zero-order valence-electron chi connectivity index (χ0n) is 11.6. The molecule has 1 aromatic rings. The van der Waals surface area contributed by atoms with Gasteiger partial charge < -0.3 is 0 Å². The number of rotatable bonds is 5. The van der Waals surface area contributed by atoms with Crippen LogP contribution in [0.25, 0.3) is 0 Å². The Hall–Kier alpha value is -0.450. The molecule has 2 nitrogen and oxygen atoms in total. The number of hydrazine groups is 1. The van der Waals surface area contributed by atoms with Crippen molar-refractivity contribution >= 4 is 15.9 Å². The molecule has 3 rings (SSSR count). The molecule has 2 aliphatic carbocycles. The summed E-state index contributed by atoms with van der Waals surface area (Å²) in [6, 6.07) is 5.52. The van der Waals surface area contributed by atoms with Crippen LogP contribution in [0.4, 0.5) is 4.39 Å². The molecule has 20 heavy (non-hydrogen) atoms. The average molecular weight is 341 g/mol. The van der Waals surface area contributed by atoms with Crippen LogP contribution >= 0.6 is 15.9 Å². The molecule has 2 saturated carbocycles. The molecule has 0 heterocycles. The monoisotopic (exact) mass is 340 g/mol. The lowest BCUT2D eigenvalue weighted by molar-refractivity contribution is 0.277. The van der Waals surface area contributed by atoms with Crippen LogP contribution in [-0.4, -0.2) is 6.04 Å². The van der Waals surface area contributed by atoms with Crippen molar-refractivity contribution in [1.82, 2.24) is 5.43 Å². The van der Waals surface area contributed by atoms with Crippen molar-refractivity contribution in [3.05, 3.63) is 34.1 Å². The fraction of sp³-hybridized carbons (Fsp3) is 0.625. The second-order valence-corrected chi connectivity index (χ2v) is 7.34. The van der Waals surface area contributed by atoms with Gasteiger partial charge in [-0.3, -0.25) is 11.3 Å². The van der Waals surface area contributed by atoms with Crippen molar-refractivity contribution in [2.45, 2.75) is 44.6 Å². The molecule has 3 N–H and O–H groups in total. The van der Waals surface area contributed by atoms with Gasteiger partial charge in [0.2, 0.25) is 0 Å². The summed E-state index contributed by atoms with van der Waals surface area (Å²) in [6.45, 7) is 0. The van der Waals surface area contributed by atoms with Gasteiger partial charge >= 0.3 is 0 Å². The zero-order chi connectivity index (χ0) is 14.1. The summed E-state index contributed by atoms with van der Waals surface area (Å²) in [5.41, 5.74) is 4.09. The van der Waals surface area contributed by atoms with E-state index in [2.05, 4.69) is 21.4 Å². The Morgan fingerprint density at radius 2 is 2.20 bits per heavy atom. The summed E-state index contributed by atoms with van der Waals surface area (Å²) in [6.07, 6.45) is 7.68. The highest BCUT2D eigenvalue weighted by Gasteiger charge is 2.39. The molecule has 0 spiro atoms. The van der Waals surface area contributed by atoms with Crippen LogP contribution in [0.2, 0.25) is 0 Å². The van der Waals surface area contributed by atoms with Crippen molar-refractivity contribution < 1.29 is 4.39 Å². The molecule has 2 bridgehead atoms. The van der Waals surface area contributed by atoms with E-state index in [0.717, 1.165) is 36.2 Å². The van der Waals surface area contributed by atoms with Gasteiger partial charge in [-0.1, -0.05) is 12.5 Å². The molecule has 0 radical (unpaired) electrons. The first-order valence-electron chi connectivity index (χ1n) is 7.55. The second kappa shape index (κ2) is 6.12. The molecular formula is C16H22BrFN2. The van der Waals surface area contributed by atoms with Crippen LogP contribution in [0.3, 0.4) is 0 Å². The van der Waals surface area contributed by atoms with Gasteiger partial charge in [-0.15, -0.1) is 0 Å². The van der Waals surface area contributed by atoms with Crippen molar-refractivity contribution in [2.24, 2.45) is 23.6 Å². The Morgan fingerprint density at radius 1 is 1.35 bits per heavy atom. The first-order valence-corrected chi connectivity index (χ1v) is 8.35. The summed E-state index contributed by atoms with van der Waals surface area (Å²) < 4.78 is 13.8. The number of nitrogens with two attached hydrogens (primary N) is 1. The van der Waals surface area contributed by atoms with Crippen LogP contribution in [0.15, 0.2) is 22.7 Å². The zero-order valence-corrected chi connectivity index (χ0v) is 13.2. The van der Waals surface area contributed by atoms with Crippen molar-refractivity contribution in [3.8, 4) is 0 Å². The molecule has 110 valence electrons. The maximum absolute atomic E-state index is 13.3. The highest BCUT2D eigenvalue weighted by molar-refractivity contribution is 9.10. The van der Waals surface area contributed by atoms with Crippen LogP contribution < -0.4 is 11.3 Å². The van der Waals surface area contributed by atoms with Crippen molar-refractivity contribution in [2.75, 3.05) is 0 Å². The van der Waals surface area contributed by atoms with E-state index in [9.17, 15) is 4.39 Å². The van der Waals surface area contributed by atoms with E-state index in [1.54, 1.807) is 0 Å². The lowest BCUT2D eigenvalue weighted by Crippen LogP contribution is -2.39. The molecule has 1 aromatic carbocycles. The van der Waals surface area contributed by atoms with Crippen LogP contribution in [0.1, 0.15) is 37.7 Å². The fourth-order valence-corrected chi connectivity index (χ4v) is 4.62. The number of hydrogen-bond acceptors (Lipinski definition) is 2. The number of fused-ring (bicyclic) bond motifs is 2. The van der Waals surface area contributed by atoms with E-state index < -0.39 is 0 Å². The molecule has 0 aliphatic heterocycles. The predicted molar refractivity (Wildman–Crippen MR) is 82.5 cm³/mol. The first-order chi connectivity index (χ1) is 9.65. The lowest BCUT2D eigenvalue weighted by atomic mass is 9.83. The molecule has 4 heteroatoms. The minimum absolute atomic E-state index is 0.209. The topological polar surface area (TPSA) is 38.0 Å². The molecule has 0 aromatic heterocycles. The summed E-state index contributed by atoms with van der Waals surface area (Å²) in [5.74, 6) is 8.25. The summed E-state index contributed by atoms with van der Waals surface area (Å²) in [4.78, 5) is 0. The third-order valence-corrected chi connectivity index (χ3v) is 5.78. The number of hydrogen-bond donors (Lipinski definition) is 2. The minimum Gasteiger partial charge on any atom is -0.271 e. The second-order valence-electron chi connectivity index (χ2n) is 6.49. The van der Waals surface area contributed by atoms with Gasteiger partial charge in [0.15, 0.2) is 0 Å². The Bertz CT molecular complexity index is 480. The quantitative estimate of drug-likeness (QED) is 0.632. The predicted octanol–water partition coefficient (Wildman–Crippen LogP) is 3.79. The molecule has 0 saturated heterocycles. The molecule has 2 aliphatic rings. The van der Waals surface area contributed by atoms with Crippen molar-refractivity contribution in [1.29, 1.82) is 0 Å². The van der Waals surface area contributed by atoms with E-state index in [-0.39, 0.29) is 11.9 Å². The van der Waals surface area contributed by atoms with Gasteiger partial charge in [-0.05, 0) is 83.5 Å². The Kier molecular flexibility index (Phi) is 4.43. The SMILES string of the molecule is NNC(Cc1ccc(F)c(Br)c1)CC1CC2CCC1C2. The third kappa shape index (κ3) is 3.07. The summed E-state index contributed by atoms with van der Waals surface area (Å²) in [7, 11) is 0. The van der Waals surface area contributed by atoms with E-state index in [0.29, 0.717) is 4.47 Å². The normalized spacial score (nSPS) is 29.9. The smallest absolute Gasteiger partial charge is 0.137 e. The first kappa shape index (κ1) is 14.5. The molecule has 4 unspecified atom stereocenters. The molecule has 0 amide bonds. The molecule has 4 atom stereocenters. The van der Waals surface area contributed by atoms with Gasteiger partial charge in [0.1, 0.15) is 5.82 Å². The van der Waals surface area contributed by atoms with Gasteiger partial charge in [-0.2, -0.15) is 0 Å². The molecular weight excluding hydrogens is 319 g/mol. The number of nitrogens with one attached hydrogen (secondary N) is 1. The lowest BCUT2D eigenvalue weighted by Gasteiger charge is -2.26. The Morgan fingerprint density at radius 3 is 2.80 bits per heavy atom. The van der Waals surface area contributed by atoms with E-state index in [1.807, 2.05) is 12.1 Å². The van der Waals surface area contributed by atoms with Gasteiger partial charge in [0, 0.05) is 6.04 Å². The van der Waals surface area contributed by atoms with Crippen molar-refractivity contribution in [3.63, 3.8) is 0 Å². The van der Waals surface area contributed by atoms with Crippen LogP contribution in [0.5, 0.6) is 0 Å². The number of benzene rings is 1.